The van der Waals surface area contributed by atoms with Crippen LogP contribution in [0.25, 0.3) is 0 Å². The smallest absolute Gasteiger partial charge is 0.209 e. The van der Waals surface area contributed by atoms with Crippen molar-refractivity contribution in [2.75, 3.05) is 18.1 Å². The van der Waals surface area contributed by atoms with Gasteiger partial charge in [0.2, 0.25) is 5.16 Å². The summed E-state index contributed by atoms with van der Waals surface area (Å²) in [4.78, 5) is 0. The fraction of sp³-hybridized carbons (Fsp3) is 0.333. The summed E-state index contributed by atoms with van der Waals surface area (Å²) in [5.74, 6) is 7.61. The Hall–Kier alpha value is -1.24. The predicted octanol–water partition coefficient (Wildman–Crippen LogP) is 1.68. The predicted molar refractivity (Wildman–Crippen MR) is 78.8 cm³/mol. The van der Waals surface area contributed by atoms with Crippen LogP contribution in [0.1, 0.15) is 17.8 Å². The van der Waals surface area contributed by atoms with Crippen LogP contribution in [0.4, 0.5) is 0 Å². The van der Waals surface area contributed by atoms with Crippen molar-refractivity contribution in [2.45, 2.75) is 18.0 Å². The molecule has 0 atom stereocenters. The molecule has 0 saturated carbocycles. The fourth-order valence-electron chi connectivity index (χ4n) is 1.56. The lowest BCUT2D eigenvalue weighted by Crippen LogP contribution is -2.14. The molecule has 0 aliphatic heterocycles. The van der Waals surface area contributed by atoms with E-state index in [-0.39, 0.29) is 0 Å². The van der Waals surface area contributed by atoms with Gasteiger partial charge in [-0.15, -0.1) is 10.2 Å². The van der Waals surface area contributed by atoms with Crippen molar-refractivity contribution in [2.24, 2.45) is 5.73 Å². The minimum Gasteiger partial charge on any atom is -0.336 e. The number of hydrogen-bond acceptors (Lipinski definition) is 5. The third-order valence-corrected chi connectivity index (χ3v) is 3.87. The van der Waals surface area contributed by atoms with Crippen LogP contribution < -0.4 is 11.6 Å². The number of nitrogens with zero attached hydrogens (tertiary/aromatic N) is 3. The van der Waals surface area contributed by atoms with Crippen LogP contribution in [0, 0.1) is 0 Å². The largest absolute Gasteiger partial charge is 0.336 e. The van der Waals surface area contributed by atoms with E-state index in [2.05, 4.69) is 10.2 Å². The molecule has 0 saturated heterocycles. The number of thioether (sulfide) groups is 1. The standard InChI is InChI=1S/C12H16ClN5S/c13-10-4-2-9(3-5-10)8-11-16-17-12(18(11)15)19-7-1-6-14/h2-5H,1,6-8,14-15H2. The lowest BCUT2D eigenvalue weighted by atomic mass is 10.1. The van der Waals surface area contributed by atoms with E-state index in [4.69, 9.17) is 23.2 Å². The molecule has 0 amide bonds. The number of hydrogen-bond donors (Lipinski definition) is 2. The van der Waals surface area contributed by atoms with E-state index in [1.807, 2.05) is 24.3 Å². The number of benzene rings is 1. The van der Waals surface area contributed by atoms with Crippen LogP contribution >= 0.6 is 23.4 Å². The van der Waals surface area contributed by atoms with E-state index in [0.29, 0.717) is 13.0 Å². The van der Waals surface area contributed by atoms with Crippen molar-refractivity contribution in [3.63, 3.8) is 0 Å². The monoisotopic (exact) mass is 297 g/mol. The third kappa shape index (κ3) is 3.86. The molecule has 0 aliphatic carbocycles. The van der Waals surface area contributed by atoms with E-state index >= 15 is 0 Å². The van der Waals surface area contributed by atoms with Gasteiger partial charge in [-0.05, 0) is 30.7 Å². The van der Waals surface area contributed by atoms with Crippen molar-refractivity contribution in [3.05, 3.63) is 40.7 Å². The van der Waals surface area contributed by atoms with Gasteiger partial charge in [0, 0.05) is 17.2 Å². The maximum absolute atomic E-state index is 5.98. The van der Waals surface area contributed by atoms with Gasteiger partial charge in [0.25, 0.3) is 0 Å². The van der Waals surface area contributed by atoms with Gasteiger partial charge in [0.15, 0.2) is 5.82 Å². The van der Waals surface area contributed by atoms with E-state index in [0.717, 1.165) is 33.7 Å². The third-order valence-electron chi connectivity index (χ3n) is 2.59. The molecule has 0 fully saturated rings. The quantitative estimate of drug-likeness (QED) is 0.481. The SMILES string of the molecule is NCCCSc1nnc(Cc2ccc(Cl)cc2)n1N. The van der Waals surface area contributed by atoms with Gasteiger partial charge in [-0.2, -0.15) is 0 Å². The Bertz CT molecular complexity index is 525. The highest BCUT2D eigenvalue weighted by Gasteiger charge is 2.10. The number of rotatable bonds is 6. The highest BCUT2D eigenvalue weighted by molar-refractivity contribution is 7.99. The highest BCUT2D eigenvalue weighted by atomic mass is 35.5. The van der Waals surface area contributed by atoms with Gasteiger partial charge in [-0.25, -0.2) is 4.68 Å². The maximum Gasteiger partial charge on any atom is 0.209 e. The summed E-state index contributed by atoms with van der Waals surface area (Å²) >= 11 is 7.42. The van der Waals surface area contributed by atoms with Crippen molar-refractivity contribution in [3.8, 4) is 0 Å². The van der Waals surface area contributed by atoms with Gasteiger partial charge >= 0.3 is 0 Å². The Morgan fingerprint density at radius 1 is 1.21 bits per heavy atom. The summed E-state index contributed by atoms with van der Waals surface area (Å²) in [5, 5.41) is 9.64. The lowest BCUT2D eigenvalue weighted by Gasteiger charge is -2.03. The van der Waals surface area contributed by atoms with Gasteiger partial charge in [-0.1, -0.05) is 35.5 Å². The second kappa shape index (κ2) is 6.79. The van der Waals surface area contributed by atoms with Gasteiger partial charge in [-0.3, -0.25) is 0 Å². The second-order valence-electron chi connectivity index (χ2n) is 4.06. The first-order valence-electron chi connectivity index (χ1n) is 5.97. The molecule has 2 rings (SSSR count). The first-order chi connectivity index (χ1) is 9.20. The molecule has 1 aromatic heterocycles. The Morgan fingerprint density at radius 3 is 2.63 bits per heavy atom. The zero-order valence-corrected chi connectivity index (χ0v) is 12.0. The lowest BCUT2D eigenvalue weighted by molar-refractivity contribution is 0.803. The van der Waals surface area contributed by atoms with Crippen molar-refractivity contribution >= 4 is 23.4 Å². The molecule has 1 heterocycles. The molecule has 0 unspecified atom stereocenters. The highest BCUT2D eigenvalue weighted by Crippen LogP contribution is 2.17. The molecule has 2 aromatic rings. The summed E-state index contributed by atoms with van der Waals surface area (Å²) in [6.45, 7) is 0.670. The number of aromatic nitrogens is 3. The molecule has 4 N–H and O–H groups in total. The van der Waals surface area contributed by atoms with Gasteiger partial charge in [0.1, 0.15) is 0 Å². The Balaban J connectivity index is 2.03. The number of halogens is 1. The van der Waals surface area contributed by atoms with Crippen molar-refractivity contribution in [1.82, 2.24) is 14.9 Å². The molecular weight excluding hydrogens is 282 g/mol. The van der Waals surface area contributed by atoms with Crippen LogP contribution in [-0.2, 0) is 6.42 Å². The van der Waals surface area contributed by atoms with Crippen molar-refractivity contribution in [1.29, 1.82) is 0 Å². The van der Waals surface area contributed by atoms with Crippen LogP contribution in [0.3, 0.4) is 0 Å². The maximum atomic E-state index is 5.98. The fourth-order valence-corrected chi connectivity index (χ4v) is 2.52. The molecule has 7 heteroatoms. The molecule has 1 aromatic carbocycles. The second-order valence-corrected chi connectivity index (χ2v) is 5.56. The summed E-state index contributed by atoms with van der Waals surface area (Å²) in [7, 11) is 0. The Morgan fingerprint density at radius 2 is 1.95 bits per heavy atom. The molecule has 0 aliphatic rings. The summed E-state index contributed by atoms with van der Waals surface area (Å²) in [6.07, 6.45) is 1.57. The minimum atomic E-state index is 0.637. The number of nitrogen functional groups attached to an aromatic ring is 1. The normalized spacial score (nSPS) is 10.8. The van der Waals surface area contributed by atoms with Crippen LogP contribution in [-0.4, -0.2) is 27.2 Å². The van der Waals surface area contributed by atoms with E-state index in [9.17, 15) is 0 Å². The average molecular weight is 298 g/mol. The van der Waals surface area contributed by atoms with Crippen LogP contribution in [0.5, 0.6) is 0 Å². The summed E-state index contributed by atoms with van der Waals surface area (Å²) < 4.78 is 1.54. The number of nitrogens with two attached hydrogens (primary N) is 2. The van der Waals surface area contributed by atoms with Crippen molar-refractivity contribution < 1.29 is 0 Å². The first-order valence-corrected chi connectivity index (χ1v) is 7.33. The molecule has 0 radical (unpaired) electrons. The molecule has 102 valence electrons. The minimum absolute atomic E-state index is 0.637. The molecular formula is C12H16ClN5S. The Labute approximate surface area is 121 Å². The molecule has 0 spiro atoms. The zero-order valence-electron chi connectivity index (χ0n) is 10.4. The average Bonchev–Trinajstić information content (AvgIpc) is 2.75. The van der Waals surface area contributed by atoms with E-state index in [1.54, 1.807) is 11.8 Å². The summed E-state index contributed by atoms with van der Waals surface area (Å²) in [5.41, 5.74) is 6.55. The molecule has 0 bridgehead atoms. The van der Waals surface area contributed by atoms with E-state index in [1.165, 1.54) is 4.68 Å². The van der Waals surface area contributed by atoms with Crippen LogP contribution in [0.2, 0.25) is 5.02 Å². The van der Waals surface area contributed by atoms with E-state index < -0.39 is 0 Å². The molecule has 19 heavy (non-hydrogen) atoms. The summed E-state index contributed by atoms with van der Waals surface area (Å²) in [6, 6.07) is 7.62. The van der Waals surface area contributed by atoms with Crippen LogP contribution in [0.15, 0.2) is 29.4 Å². The Kier molecular flexibility index (Phi) is 5.07. The van der Waals surface area contributed by atoms with Gasteiger partial charge in [0.05, 0.1) is 0 Å². The first kappa shape index (κ1) is 14.2. The topological polar surface area (TPSA) is 82.8 Å². The van der Waals surface area contributed by atoms with Gasteiger partial charge < -0.3 is 11.6 Å². The molecule has 5 nitrogen and oxygen atoms in total. The zero-order chi connectivity index (χ0) is 13.7.